The monoisotopic (exact) mass is 490 g/mol. The van der Waals surface area contributed by atoms with Gasteiger partial charge in [0, 0.05) is 51.0 Å². The number of benzene rings is 1. The lowest BCUT2D eigenvalue weighted by Crippen LogP contribution is -2.42. The predicted octanol–water partition coefficient (Wildman–Crippen LogP) is 3.00. The molecule has 1 unspecified atom stereocenters. The van der Waals surface area contributed by atoms with Crippen molar-refractivity contribution < 1.29 is 0 Å². The molecule has 6 nitrogen and oxygen atoms in total. The molecule has 144 valence electrons. The number of aromatic nitrogens is 2. The van der Waals surface area contributed by atoms with Crippen LogP contribution in [0.25, 0.3) is 0 Å². The van der Waals surface area contributed by atoms with Gasteiger partial charge in [-0.25, -0.2) is 0 Å². The number of nitrogens with one attached hydrogen (secondary N) is 1. The first-order valence-electron chi connectivity index (χ1n) is 8.22. The molecule has 0 amide bonds. The van der Waals surface area contributed by atoms with Crippen LogP contribution in [0.15, 0.2) is 41.7 Å². The van der Waals surface area contributed by atoms with Crippen molar-refractivity contribution in [2.24, 2.45) is 12.0 Å². The van der Waals surface area contributed by atoms with Crippen LogP contribution >= 0.6 is 35.6 Å². The number of nitrogens with zero attached hydrogens (tertiary/aromatic N) is 5. The predicted molar refractivity (Wildman–Crippen MR) is 119 cm³/mol. The van der Waals surface area contributed by atoms with Crippen molar-refractivity contribution >= 4 is 41.5 Å². The molecule has 1 heterocycles. The van der Waals surface area contributed by atoms with Gasteiger partial charge in [-0.3, -0.25) is 9.67 Å². The fraction of sp³-hybridized carbons (Fsp3) is 0.444. The van der Waals surface area contributed by atoms with Crippen molar-refractivity contribution in [3.05, 3.63) is 52.8 Å². The molecule has 1 atom stereocenters. The van der Waals surface area contributed by atoms with E-state index < -0.39 is 0 Å². The summed E-state index contributed by atoms with van der Waals surface area (Å²) in [6.07, 6.45) is 3.95. The zero-order valence-corrected chi connectivity index (χ0v) is 19.1. The molecule has 0 spiro atoms. The molecule has 0 bridgehead atoms. The highest BCUT2D eigenvalue weighted by atomic mass is 127. The van der Waals surface area contributed by atoms with Gasteiger partial charge in [0.2, 0.25) is 0 Å². The van der Waals surface area contributed by atoms with Gasteiger partial charge in [-0.15, -0.1) is 24.0 Å². The van der Waals surface area contributed by atoms with E-state index in [4.69, 9.17) is 11.6 Å². The Labute approximate surface area is 178 Å². The average Bonchev–Trinajstić information content (AvgIpc) is 2.99. The van der Waals surface area contributed by atoms with Gasteiger partial charge < -0.3 is 15.1 Å². The molecule has 1 aromatic heterocycles. The Hall–Kier alpha value is -1.32. The third-order valence-corrected chi connectivity index (χ3v) is 4.49. The number of aliphatic imine (C=N–C) groups is 1. The quantitative estimate of drug-likeness (QED) is 0.384. The summed E-state index contributed by atoms with van der Waals surface area (Å²) in [6.45, 7) is 1.43. The van der Waals surface area contributed by atoms with E-state index in [1.165, 1.54) is 5.56 Å². The normalized spacial score (nSPS) is 12.7. The van der Waals surface area contributed by atoms with Crippen molar-refractivity contribution in [2.75, 3.05) is 34.7 Å². The Morgan fingerprint density at radius 1 is 1.31 bits per heavy atom. The van der Waals surface area contributed by atoms with Crippen LogP contribution in [0.5, 0.6) is 0 Å². The molecule has 8 heteroatoms. The van der Waals surface area contributed by atoms with Crippen molar-refractivity contribution in [1.29, 1.82) is 0 Å². The molecule has 2 rings (SSSR count). The Morgan fingerprint density at radius 3 is 2.54 bits per heavy atom. The number of halogens is 2. The van der Waals surface area contributed by atoms with Crippen LogP contribution in [-0.4, -0.2) is 60.3 Å². The first-order valence-corrected chi connectivity index (χ1v) is 8.60. The second-order valence-electron chi connectivity index (χ2n) is 6.30. The van der Waals surface area contributed by atoms with Crippen molar-refractivity contribution in [2.45, 2.75) is 12.6 Å². The van der Waals surface area contributed by atoms with Crippen molar-refractivity contribution in [1.82, 2.24) is 24.9 Å². The largest absolute Gasteiger partial charge is 0.354 e. The zero-order valence-electron chi connectivity index (χ0n) is 16.0. The lowest BCUT2D eigenvalue weighted by atomic mass is 10.1. The highest BCUT2D eigenvalue weighted by Gasteiger charge is 2.17. The second-order valence-corrected chi connectivity index (χ2v) is 6.71. The Bertz CT molecular complexity index is 715. The van der Waals surface area contributed by atoms with Gasteiger partial charge in [0.15, 0.2) is 5.96 Å². The summed E-state index contributed by atoms with van der Waals surface area (Å²) in [5.74, 6) is 0.829. The molecular weight excluding hydrogens is 463 g/mol. The third kappa shape index (κ3) is 6.14. The molecule has 1 N–H and O–H groups in total. The summed E-state index contributed by atoms with van der Waals surface area (Å²) in [7, 11) is 9.86. The molecule has 0 saturated heterocycles. The van der Waals surface area contributed by atoms with E-state index in [0.717, 1.165) is 23.1 Å². The van der Waals surface area contributed by atoms with Gasteiger partial charge in [-0.2, -0.15) is 5.10 Å². The molecular formula is C18H28ClIN6. The molecule has 0 aliphatic rings. The zero-order chi connectivity index (χ0) is 18.4. The second kappa shape index (κ2) is 10.7. The van der Waals surface area contributed by atoms with Crippen LogP contribution in [0.2, 0.25) is 5.02 Å². The van der Waals surface area contributed by atoms with E-state index in [-0.39, 0.29) is 30.0 Å². The molecule has 26 heavy (non-hydrogen) atoms. The number of guanidine groups is 1. The number of aryl methyl sites for hydroxylation is 1. The summed E-state index contributed by atoms with van der Waals surface area (Å²) in [5, 5.41) is 8.50. The number of hydrogen-bond acceptors (Lipinski definition) is 3. The van der Waals surface area contributed by atoms with E-state index in [2.05, 4.69) is 39.3 Å². The summed E-state index contributed by atoms with van der Waals surface area (Å²) in [4.78, 5) is 8.63. The van der Waals surface area contributed by atoms with E-state index in [1.54, 1.807) is 7.05 Å². The first-order chi connectivity index (χ1) is 11.9. The van der Waals surface area contributed by atoms with Crippen LogP contribution in [-0.2, 0) is 13.6 Å². The number of likely N-dealkylation sites (N-methyl/N-ethyl adjacent to an activating group) is 1. The standard InChI is InChI=1S/C18H27ClN6.HI/c1-20-18(24(4)12-14-8-6-7-9-16(14)19)21-11-17(23(2)3)15-10-22-25(5)13-15;/h6-10,13,17H,11-12H2,1-5H3,(H,20,21);1H. The molecule has 0 saturated carbocycles. The lowest BCUT2D eigenvalue weighted by molar-refractivity contribution is 0.295. The maximum atomic E-state index is 6.26. The molecule has 2 aromatic rings. The van der Waals surface area contributed by atoms with Crippen molar-refractivity contribution in [3.8, 4) is 0 Å². The molecule has 0 aliphatic carbocycles. The highest BCUT2D eigenvalue weighted by Crippen LogP contribution is 2.18. The first kappa shape index (κ1) is 22.7. The molecule has 0 aliphatic heterocycles. The highest BCUT2D eigenvalue weighted by molar-refractivity contribution is 14.0. The van der Waals surface area contributed by atoms with Crippen LogP contribution in [0.4, 0.5) is 0 Å². The fourth-order valence-electron chi connectivity index (χ4n) is 2.74. The average molecular weight is 491 g/mol. The topological polar surface area (TPSA) is 48.7 Å². The smallest absolute Gasteiger partial charge is 0.193 e. The number of hydrogen-bond donors (Lipinski definition) is 1. The van der Waals surface area contributed by atoms with Gasteiger partial charge in [-0.05, 0) is 25.7 Å². The minimum atomic E-state index is 0. The van der Waals surface area contributed by atoms with E-state index >= 15 is 0 Å². The van der Waals surface area contributed by atoms with Crippen LogP contribution < -0.4 is 5.32 Å². The van der Waals surface area contributed by atoms with Crippen LogP contribution in [0, 0.1) is 0 Å². The maximum absolute atomic E-state index is 6.26. The van der Waals surface area contributed by atoms with Crippen LogP contribution in [0.3, 0.4) is 0 Å². The van der Waals surface area contributed by atoms with Crippen LogP contribution in [0.1, 0.15) is 17.2 Å². The third-order valence-electron chi connectivity index (χ3n) is 4.13. The Balaban J connectivity index is 0.00000338. The SMILES string of the molecule is CN=C(NCC(c1cnn(C)c1)N(C)C)N(C)Cc1ccccc1Cl.I. The summed E-state index contributed by atoms with van der Waals surface area (Å²) in [6, 6.07) is 8.08. The minimum Gasteiger partial charge on any atom is -0.354 e. The summed E-state index contributed by atoms with van der Waals surface area (Å²) in [5.41, 5.74) is 2.25. The molecule has 0 fully saturated rings. The fourth-order valence-corrected chi connectivity index (χ4v) is 2.94. The van der Waals surface area contributed by atoms with E-state index in [0.29, 0.717) is 6.54 Å². The van der Waals surface area contributed by atoms with E-state index in [9.17, 15) is 0 Å². The number of rotatable bonds is 6. The van der Waals surface area contributed by atoms with Gasteiger partial charge in [-0.1, -0.05) is 29.8 Å². The minimum absolute atomic E-state index is 0. The molecule has 1 aromatic carbocycles. The lowest BCUT2D eigenvalue weighted by Gasteiger charge is -2.27. The Morgan fingerprint density at radius 2 is 2.00 bits per heavy atom. The van der Waals surface area contributed by atoms with Gasteiger partial charge in [0.25, 0.3) is 0 Å². The molecule has 0 radical (unpaired) electrons. The van der Waals surface area contributed by atoms with Gasteiger partial charge >= 0.3 is 0 Å². The summed E-state index contributed by atoms with van der Waals surface area (Å²) < 4.78 is 1.82. The van der Waals surface area contributed by atoms with Crippen molar-refractivity contribution in [3.63, 3.8) is 0 Å². The Kier molecular flexibility index (Phi) is 9.38. The van der Waals surface area contributed by atoms with Gasteiger partial charge in [0.05, 0.1) is 12.2 Å². The summed E-state index contributed by atoms with van der Waals surface area (Å²) >= 11 is 6.26. The van der Waals surface area contributed by atoms with Gasteiger partial charge in [0.1, 0.15) is 0 Å². The maximum Gasteiger partial charge on any atom is 0.193 e. The van der Waals surface area contributed by atoms with E-state index in [1.807, 2.05) is 55.4 Å².